The second-order valence-electron chi connectivity index (χ2n) is 15.2. The van der Waals surface area contributed by atoms with E-state index in [1.807, 2.05) is 11.1 Å². The molecule has 1 saturated heterocycles. The SMILES string of the molecule is CC(C)=CCCCC1CCC2C3=C(CCC12C)C1(C)CCC(OC(=O)C2CCCNCC2)C(C)(C)C1CC3. The van der Waals surface area contributed by atoms with Crippen molar-refractivity contribution in [3.05, 3.63) is 22.8 Å². The van der Waals surface area contributed by atoms with Crippen LogP contribution >= 0.6 is 0 Å². The van der Waals surface area contributed by atoms with Gasteiger partial charge in [0.25, 0.3) is 0 Å². The van der Waals surface area contributed by atoms with Crippen molar-refractivity contribution < 1.29 is 9.53 Å². The third-order valence-electron chi connectivity index (χ3n) is 12.5. The summed E-state index contributed by atoms with van der Waals surface area (Å²) in [6.07, 6.45) is 19.9. The molecule has 5 rings (SSSR count). The zero-order chi connectivity index (χ0) is 27.1. The van der Waals surface area contributed by atoms with Crippen LogP contribution in [0.15, 0.2) is 22.8 Å². The molecule has 0 radical (unpaired) electrons. The van der Waals surface area contributed by atoms with Crippen molar-refractivity contribution in [2.45, 2.75) is 138 Å². The first kappa shape index (κ1) is 28.4. The van der Waals surface area contributed by atoms with Gasteiger partial charge in [-0.25, -0.2) is 0 Å². The maximum atomic E-state index is 13.2. The summed E-state index contributed by atoms with van der Waals surface area (Å²) in [6.45, 7) is 16.6. The van der Waals surface area contributed by atoms with E-state index in [0.29, 0.717) is 11.3 Å². The molecular weight excluding hydrogens is 466 g/mol. The van der Waals surface area contributed by atoms with Gasteiger partial charge in [0.2, 0.25) is 0 Å². The highest BCUT2D eigenvalue weighted by Gasteiger charge is 2.59. The Labute approximate surface area is 234 Å². The van der Waals surface area contributed by atoms with Gasteiger partial charge in [0.05, 0.1) is 5.92 Å². The molecule has 3 fully saturated rings. The number of ether oxygens (including phenoxy) is 1. The van der Waals surface area contributed by atoms with E-state index >= 15 is 0 Å². The van der Waals surface area contributed by atoms with Gasteiger partial charge >= 0.3 is 5.97 Å². The Morgan fingerprint density at radius 1 is 0.974 bits per heavy atom. The highest BCUT2D eigenvalue weighted by molar-refractivity contribution is 5.72. The Morgan fingerprint density at radius 2 is 1.79 bits per heavy atom. The second kappa shape index (κ2) is 11.1. The summed E-state index contributed by atoms with van der Waals surface area (Å²) in [6, 6.07) is 0. The van der Waals surface area contributed by atoms with Gasteiger partial charge < -0.3 is 10.1 Å². The molecule has 1 N–H and O–H groups in total. The van der Waals surface area contributed by atoms with Crippen LogP contribution < -0.4 is 5.32 Å². The minimum Gasteiger partial charge on any atom is -0.462 e. The summed E-state index contributed by atoms with van der Waals surface area (Å²) in [4.78, 5) is 13.2. The van der Waals surface area contributed by atoms with Crippen LogP contribution in [0.2, 0.25) is 0 Å². The monoisotopic (exact) mass is 523 g/mol. The van der Waals surface area contributed by atoms with Gasteiger partial charge in [0.1, 0.15) is 6.10 Å². The molecule has 214 valence electrons. The van der Waals surface area contributed by atoms with Crippen molar-refractivity contribution in [2.75, 3.05) is 13.1 Å². The smallest absolute Gasteiger partial charge is 0.309 e. The van der Waals surface area contributed by atoms with Crippen LogP contribution in [0.4, 0.5) is 0 Å². The number of carbonyl (C=O) groups is 1. The van der Waals surface area contributed by atoms with Crippen LogP contribution in [0.3, 0.4) is 0 Å². The van der Waals surface area contributed by atoms with Crippen LogP contribution in [-0.2, 0) is 9.53 Å². The van der Waals surface area contributed by atoms with Gasteiger partial charge in [-0.15, -0.1) is 0 Å². The van der Waals surface area contributed by atoms with Gasteiger partial charge in [0.15, 0.2) is 0 Å². The Morgan fingerprint density at radius 3 is 2.58 bits per heavy atom. The minimum absolute atomic E-state index is 0.0358. The average Bonchev–Trinajstić information content (AvgIpc) is 3.02. The van der Waals surface area contributed by atoms with Gasteiger partial charge in [-0.3, -0.25) is 4.79 Å². The van der Waals surface area contributed by atoms with E-state index in [1.165, 1.54) is 69.8 Å². The summed E-state index contributed by atoms with van der Waals surface area (Å²) in [7, 11) is 0. The third-order valence-corrected chi connectivity index (χ3v) is 12.5. The summed E-state index contributed by atoms with van der Waals surface area (Å²) in [5.74, 6) is 2.51. The number of hydrogen-bond donors (Lipinski definition) is 1. The number of allylic oxidation sites excluding steroid dienone is 4. The molecule has 0 aromatic heterocycles. The topological polar surface area (TPSA) is 38.3 Å². The first-order valence-corrected chi connectivity index (χ1v) is 16.3. The largest absolute Gasteiger partial charge is 0.462 e. The van der Waals surface area contributed by atoms with Crippen LogP contribution in [-0.4, -0.2) is 25.2 Å². The fourth-order valence-electron chi connectivity index (χ4n) is 10.3. The van der Waals surface area contributed by atoms with Gasteiger partial charge in [0, 0.05) is 5.41 Å². The van der Waals surface area contributed by atoms with E-state index < -0.39 is 0 Å². The lowest BCUT2D eigenvalue weighted by Crippen LogP contribution is -2.54. The normalized spacial score (nSPS) is 40.4. The number of nitrogens with one attached hydrogen (secondary N) is 1. The van der Waals surface area contributed by atoms with E-state index in [9.17, 15) is 4.79 Å². The molecule has 7 unspecified atom stereocenters. The summed E-state index contributed by atoms with van der Waals surface area (Å²) >= 11 is 0. The standard InChI is InChI=1S/C35H57NO2/c1-24(2)10-7-8-12-26-13-15-28-27-14-16-30-33(3,4)31(38-32(37)25-11-9-22-36-23-19-25)18-21-35(30,6)29(27)17-20-34(26,28)5/h10,25-26,28,30-31,36H,7-9,11-23H2,1-6H3. The number of fused-ring (bicyclic) bond motifs is 4. The number of carbonyl (C=O) groups excluding carboxylic acids is 1. The molecule has 1 heterocycles. The lowest BCUT2D eigenvalue weighted by atomic mass is 9.46. The number of rotatable bonds is 6. The third kappa shape index (κ3) is 5.08. The highest BCUT2D eigenvalue weighted by Crippen LogP contribution is 2.67. The van der Waals surface area contributed by atoms with Crippen molar-refractivity contribution in [3.8, 4) is 0 Å². The quantitative estimate of drug-likeness (QED) is 0.215. The molecule has 5 aliphatic rings. The lowest BCUT2D eigenvalue weighted by Gasteiger charge is -2.60. The molecule has 0 aromatic rings. The minimum atomic E-state index is 0.0358. The molecule has 2 saturated carbocycles. The van der Waals surface area contributed by atoms with E-state index in [2.05, 4.69) is 52.9 Å². The Bertz CT molecular complexity index is 934. The van der Waals surface area contributed by atoms with Gasteiger partial charge in [-0.2, -0.15) is 0 Å². The molecule has 0 aromatic carbocycles. The molecule has 4 aliphatic carbocycles. The summed E-state index contributed by atoms with van der Waals surface area (Å²) in [5, 5.41) is 3.44. The summed E-state index contributed by atoms with van der Waals surface area (Å²) in [5.41, 5.74) is 6.05. The van der Waals surface area contributed by atoms with Crippen molar-refractivity contribution in [2.24, 2.45) is 39.9 Å². The fourth-order valence-corrected chi connectivity index (χ4v) is 10.3. The number of unbranched alkanes of at least 4 members (excludes halogenated alkanes) is 1. The van der Waals surface area contributed by atoms with E-state index in [4.69, 9.17) is 4.74 Å². The first-order valence-electron chi connectivity index (χ1n) is 16.3. The molecule has 0 spiro atoms. The van der Waals surface area contributed by atoms with Crippen LogP contribution in [0, 0.1) is 39.9 Å². The number of esters is 1. The lowest BCUT2D eigenvalue weighted by molar-refractivity contribution is -0.174. The molecular formula is C35H57NO2. The van der Waals surface area contributed by atoms with Crippen LogP contribution in [0.5, 0.6) is 0 Å². The molecule has 7 atom stereocenters. The van der Waals surface area contributed by atoms with Crippen molar-refractivity contribution in [3.63, 3.8) is 0 Å². The highest BCUT2D eigenvalue weighted by atomic mass is 16.5. The molecule has 1 aliphatic heterocycles. The van der Waals surface area contributed by atoms with Crippen LogP contribution in [0.25, 0.3) is 0 Å². The summed E-state index contributed by atoms with van der Waals surface area (Å²) < 4.78 is 6.41. The van der Waals surface area contributed by atoms with E-state index in [0.717, 1.165) is 50.6 Å². The van der Waals surface area contributed by atoms with E-state index in [-0.39, 0.29) is 28.8 Å². The molecule has 3 nitrogen and oxygen atoms in total. The van der Waals surface area contributed by atoms with Crippen molar-refractivity contribution in [1.29, 1.82) is 0 Å². The predicted molar refractivity (Wildman–Crippen MR) is 158 cm³/mol. The maximum Gasteiger partial charge on any atom is 0.309 e. The Hall–Kier alpha value is -1.09. The first-order chi connectivity index (χ1) is 18.1. The molecule has 38 heavy (non-hydrogen) atoms. The van der Waals surface area contributed by atoms with E-state index in [1.54, 1.807) is 0 Å². The van der Waals surface area contributed by atoms with Gasteiger partial charge in [-0.05, 0) is 145 Å². The fraction of sp³-hybridized carbons (Fsp3) is 0.857. The average molecular weight is 524 g/mol. The van der Waals surface area contributed by atoms with Crippen molar-refractivity contribution in [1.82, 2.24) is 5.32 Å². The molecule has 0 amide bonds. The Balaban J connectivity index is 1.29. The second-order valence-corrected chi connectivity index (χ2v) is 15.2. The number of hydrogen-bond acceptors (Lipinski definition) is 3. The maximum absolute atomic E-state index is 13.2. The molecule has 0 bridgehead atoms. The van der Waals surface area contributed by atoms with Crippen LogP contribution in [0.1, 0.15) is 131 Å². The predicted octanol–water partition coefficient (Wildman–Crippen LogP) is 8.78. The molecule has 3 heteroatoms. The Kier molecular flexibility index (Phi) is 8.28. The van der Waals surface area contributed by atoms with Gasteiger partial charge in [-0.1, -0.05) is 50.5 Å². The zero-order valence-electron chi connectivity index (χ0n) is 25.6. The zero-order valence-corrected chi connectivity index (χ0v) is 25.6. The van der Waals surface area contributed by atoms with Crippen molar-refractivity contribution >= 4 is 5.97 Å².